The molecule has 1 fully saturated rings. The Morgan fingerprint density at radius 1 is 1.25 bits per heavy atom. The minimum Gasteiger partial charge on any atom is -0.458 e. The third-order valence-electron chi connectivity index (χ3n) is 3.85. The predicted octanol–water partition coefficient (Wildman–Crippen LogP) is 2.93. The number of aromatic nitrogens is 3. The molecule has 0 radical (unpaired) electrons. The largest absolute Gasteiger partial charge is 0.458 e. The first-order valence-electron chi connectivity index (χ1n) is 7.90. The van der Waals surface area contributed by atoms with Gasteiger partial charge in [-0.05, 0) is 54.8 Å². The van der Waals surface area contributed by atoms with Gasteiger partial charge in [-0.25, -0.2) is 9.97 Å². The zero-order valence-electron chi connectivity index (χ0n) is 13.7. The predicted molar refractivity (Wildman–Crippen MR) is 93.0 cm³/mol. The third-order valence-corrected chi connectivity index (χ3v) is 4.28. The second-order valence-corrected chi connectivity index (χ2v) is 6.87. The van der Waals surface area contributed by atoms with E-state index in [0.29, 0.717) is 18.1 Å². The maximum Gasteiger partial charge on any atom is 0.317 e. The van der Waals surface area contributed by atoms with Gasteiger partial charge < -0.3 is 9.64 Å². The number of piperidine rings is 1. The number of halogens is 1. The van der Waals surface area contributed by atoms with Gasteiger partial charge in [0.1, 0.15) is 6.10 Å². The summed E-state index contributed by atoms with van der Waals surface area (Å²) in [6.45, 7) is 5.08. The van der Waals surface area contributed by atoms with Gasteiger partial charge in [-0.3, -0.25) is 9.78 Å². The van der Waals surface area contributed by atoms with Crippen LogP contribution in [0.3, 0.4) is 0 Å². The number of nitrogens with zero attached hydrogens (tertiary/aromatic N) is 4. The summed E-state index contributed by atoms with van der Waals surface area (Å²) in [4.78, 5) is 27.1. The molecule has 0 aromatic carbocycles. The highest BCUT2D eigenvalue weighted by atomic mass is 79.9. The molecule has 1 amide bonds. The van der Waals surface area contributed by atoms with Gasteiger partial charge in [0.05, 0.1) is 12.1 Å². The Balaban J connectivity index is 1.69. The molecule has 0 N–H and O–H groups in total. The topological polar surface area (TPSA) is 68.2 Å². The van der Waals surface area contributed by atoms with Crippen LogP contribution in [0.5, 0.6) is 6.01 Å². The molecule has 2 aromatic heterocycles. The van der Waals surface area contributed by atoms with Gasteiger partial charge in [-0.1, -0.05) is 0 Å². The van der Waals surface area contributed by atoms with Crippen molar-refractivity contribution in [2.75, 3.05) is 13.1 Å². The maximum atomic E-state index is 12.6. The normalized spacial score (nSPS) is 17.6. The Morgan fingerprint density at radius 3 is 2.71 bits per heavy atom. The quantitative estimate of drug-likeness (QED) is 0.805. The van der Waals surface area contributed by atoms with Crippen molar-refractivity contribution in [3.63, 3.8) is 0 Å². The number of likely N-dealkylation sites (tertiary alicyclic amines) is 1. The number of hydrogen-bond donors (Lipinski definition) is 0. The molecule has 7 heteroatoms. The van der Waals surface area contributed by atoms with Crippen molar-refractivity contribution in [1.82, 2.24) is 19.9 Å². The Kier molecular flexibility index (Phi) is 5.08. The van der Waals surface area contributed by atoms with Crippen LogP contribution in [0.25, 0.3) is 0 Å². The molecule has 0 unspecified atom stereocenters. The van der Waals surface area contributed by atoms with Crippen LogP contribution < -0.4 is 4.74 Å². The molecule has 1 atom stereocenters. The summed E-state index contributed by atoms with van der Waals surface area (Å²) in [6.07, 6.45) is 4.93. The fraction of sp³-hybridized carbons (Fsp3) is 0.412. The highest BCUT2D eigenvalue weighted by molar-refractivity contribution is 9.10. The van der Waals surface area contributed by atoms with E-state index in [1.165, 1.54) is 0 Å². The van der Waals surface area contributed by atoms with E-state index in [1.807, 2.05) is 19.9 Å². The van der Waals surface area contributed by atoms with Gasteiger partial charge in [0.25, 0.3) is 5.91 Å². The van der Waals surface area contributed by atoms with E-state index < -0.39 is 0 Å². The standard InChI is InChI=1S/C17H19BrN4O2/c1-11-6-12(2)21-17(20-11)24-15-4-3-5-22(10-15)16(23)13-7-14(18)9-19-8-13/h6-9,15H,3-5,10H2,1-2H3/t15-/m0/s1. The van der Waals surface area contributed by atoms with Gasteiger partial charge in [0, 0.05) is 34.8 Å². The zero-order valence-corrected chi connectivity index (χ0v) is 15.3. The lowest BCUT2D eigenvalue weighted by Crippen LogP contribution is -2.44. The summed E-state index contributed by atoms with van der Waals surface area (Å²) in [5.74, 6) is -0.0292. The van der Waals surface area contributed by atoms with Crippen molar-refractivity contribution in [2.45, 2.75) is 32.8 Å². The van der Waals surface area contributed by atoms with Crippen molar-refractivity contribution in [2.24, 2.45) is 0 Å². The number of hydrogen-bond acceptors (Lipinski definition) is 5. The van der Waals surface area contributed by atoms with Gasteiger partial charge >= 0.3 is 6.01 Å². The number of carbonyl (C=O) groups is 1. The summed E-state index contributed by atoms with van der Waals surface area (Å²) in [7, 11) is 0. The van der Waals surface area contributed by atoms with Gasteiger partial charge in [0.15, 0.2) is 0 Å². The molecule has 0 aliphatic carbocycles. The molecule has 3 rings (SSSR count). The van der Waals surface area contributed by atoms with Crippen molar-refractivity contribution >= 4 is 21.8 Å². The average Bonchev–Trinajstić information content (AvgIpc) is 2.53. The first-order valence-corrected chi connectivity index (χ1v) is 8.69. The lowest BCUT2D eigenvalue weighted by Gasteiger charge is -2.32. The summed E-state index contributed by atoms with van der Waals surface area (Å²) < 4.78 is 6.71. The number of ether oxygens (including phenoxy) is 1. The number of aryl methyl sites for hydroxylation is 2. The second-order valence-electron chi connectivity index (χ2n) is 5.96. The maximum absolute atomic E-state index is 12.6. The number of carbonyl (C=O) groups excluding carboxylic acids is 1. The molecule has 126 valence electrons. The first kappa shape index (κ1) is 16.8. The number of rotatable bonds is 3. The van der Waals surface area contributed by atoms with Crippen LogP contribution in [0, 0.1) is 13.8 Å². The zero-order chi connectivity index (χ0) is 17.1. The van der Waals surface area contributed by atoms with E-state index >= 15 is 0 Å². The summed E-state index contributed by atoms with van der Waals surface area (Å²) >= 11 is 3.35. The molecule has 0 spiro atoms. The number of amides is 1. The van der Waals surface area contributed by atoms with E-state index in [4.69, 9.17) is 4.74 Å². The van der Waals surface area contributed by atoms with Crippen LogP contribution in [-0.4, -0.2) is 45.0 Å². The molecule has 1 aliphatic heterocycles. The average molecular weight is 391 g/mol. The number of pyridine rings is 1. The van der Waals surface area contributed by atoms with Crippen LogP contribution in [-0.2, 0) is 0 Å². The van der Waals surface area contributed by atoms with Gasteiger partial charge in [0.2, 0.25) is 0 Å². The minimum atomic E-state index is -0.0935. The molecule has 6 nitrogen and oxygen atoms in total. The molecule has 24 heavy (non-hydrogen) atoms. The fourth-order valence-electron chi connectivity index (χ4n) is 2.83. The summed E-state index contributed by atoms with van der Waals surface area (Å²) in [5, 5.41) is 0. The second kappa shape index (κ2) is 7.25. The van der Waals surface area contributed by atoms with Gasteiger partial charge in [-0.2, -0.15) is 0 Å². The Bertz CT molecular complexity index is 733. The van der Waals surface area contributed by atoms with E-state index in [1.54, 1.807) is 23.4 Å². The lowest BCUT2D eigenvalue weighted by atomic mass is 10.1. The molecule has 0 saturated carbocycles. The lowest BCUT2D eigenvalue weighted by molar-refractivity contribution is 0.0514. The Hall–Kier alpha value is -2.02. The monoisotopic (exact) mass is 390 g/mol. The van der Waals surface area contributed by atoms with E-state index in [0.717, 1.165) is 35.2 Å². The first-order chi connectivity index (χ1) is 11.5. The van der Waals surface area contributed by atoms with Crippen LogP contribution in [0.1, 0.15) is 34.6 Å². The molecule has 1 saturated heterocycles. The van der Waals surface area contributed by atoms with Crippen molar-refractivity contribution in [3.05, 3.63) is 46.0 Å². The smallest absolute Gasteiger partial charge is 0.317 e. The molecular formula is C17H19BrN4O2. The van der Waals surface area contributed by atoms with Gasteiger partial charge in [-0.15, -0.1) is 0 Å². The molecule has 0 bridgehead atoms. The minimum absolute atomic E-state index is 0.0292. The molecular weight excluding hydrogens is 372 g/mol. The molecule has 1 aliphatic rings. The van der Waals surface area contributed by atoms with E-state index in [2.05, 4.69) is 30.9 Å². The molecule has 2 aromatic rings. The Morgan fingerprint density at radius 2 is 2.00 bits per heavy atom. The van der Waals surface area contributed by atoms with Crippen molar-refractivity contribution < 1.29 is 9.53 Å². The van der Waals surface area contributed by atoms with Crippen molar-refractivity contribution in [1.29, 1.82) is 0 Å². The van der Waals surface area contributed by atoms with Crippen LogP contribution in [0.2, 0.25) is 0 Å². The summed E-state index contributed by atoms with van der Waals surface area (Å²) in [5.41, 5.74) is 2.33. The third kappa shape index (κ3) is 4.08. The fourth-order valence-corrected chi connectivity index (χ4v) is 3.19. The summed E-state index contributed by atoms with van der Waals surface area (Å²) in [6, 6.07) is 4.08. The van der Waals surface area contributed by atoms with Crippen molar-refractivity contribution in [3.8, 4) is 6.01 Å². The van der Waals surface area contributed by atoms with Crippen LogP contribution >= 0.6 is 15.9 Å². The highest BCUT2D eigenvalue weighted by Crippen LogP contribution is 2.19. The highest BCUT2D eigenvalue weighted by Gasteiger charge is 2.26. The van der Waals surface area contributed by atoms with Crippen LogP contribution in [0.4, 0.5) is 0 Å². The van der Waals surface area contributed by atoms with E-state index in [9.17, 15) is 4.79 Å². The van der Waals surface area contributed by atoms with Crippen LogP contribution in [0.15, 0.2) is 29.0 Å². The Labute approximate surface area is 149 Å². The SMILES string of the molecule is Cc1cc(C)nc(O[C@H]2CCCN(C(=O)c3cncc(Br)c3)C2)n1. The van der Waals surface area contributed by atoms with E-state index in [-0.39, 0.29) is 12.0 Å². The molecule has 3 heterocycles.